The van der Waals surface area contributed by atoms with Gasteiger partial charge in [-0.15, -0.1) is 0 Å². The number of anilines is 1. The van der Waals surface area contributed by atoms with Crippen LogP contribution >= 0.6 is 11.5 Å². The number of nitrogens with zero attached hydrogens (tertiary/aromatic N) is 4. The lowest BCUT2D eigenvalue weighted by molar-refractivity contribution is -0.0282. The maximum Gasteiger partial charge on any atom is 0.301 e. The lowest BCUT2D eigenvalue weighted by Crippen LogP contribution is -2.61. The molecule has 2 fully saturated rings. The zero-order chi connectivity index (χ0) is 25.6. The smallest absolute Gasteiger partial charge is 0.301 e. The van der Waals surface area contributed by atoms with Crippen LogP contribution in [0.15, 0.2) is 53.4 Å². The summed E-state index contributed by atoms with van der Waals surface area (Å²) in [4.78, 5) is 6.48. The second-order valence-electron chi connectivity index (χ2n) is 9.42. The first-order valence-corrected chi connectivity index (χ1v) is 13.7. The van der Waals surface area contributed by atoms with Crippen molar-refractivity contribution in [3.8, 4) is 0 Å². The number of sulfonamides is 1. The minimum absolute atomic E-state index is 0.0298. The minimum atomic E-state index is -3.96. The van der Waals surface area contributed by atoms with E-state index >= 15 is 0 Å². The fourth-order valence-electron chi connectivity index (χ4n) is 4.76. The van der Waals surface area contributed by atoms with Crippen LogP contribution in [-0.4, -0.2) is 54.9 Å². The highest BCUT2D eigenvalue weighted by atomic mass is 32.2. The average molecular weight is 541 g/mol. The van der Waals surface area contributed by atoms with E-state index in [1.807, 2.05) is 0 Å². The molecule has 0 bridgehead atoms. The molecule has 2 aliphatic rings. The van der Waals surface area contributed by atoms with Crippen LogP contribution in [0.3, 0.4) is 0 Å². The molecule has 2 aliphatic heterocycles. The van der Waals surface area contributed by atoms with E-state index in [0.717, 1.165) is 35.9 Å². The van der Waals surface area contributed by atoms with Gasteiger partial charge in [-0.1, -0.05) is 24.3 Å². The van der Waals surface area contributed by atoms with Gasteiger partial charge in [0, 0.05) is 55.1 Å². The standard InChI is InChI=1S/C24H24F4N4O2S2/c25-14-24(27,28)18-2-1-3-20(13-18)36(33,34)32-10-8-23(9-11-32)15-31(16-23)22-29-21(30-35-22)12-17-4-6-19(26)7-5-17/h1-7,13H,8-12,14-16H2. The highest BCUT2D eigenvalue weighted by Crippen LogP contribution is 2.44. The molecule has 3 heterocycles. The topological polar surface area (TPSA) is 66.4 Å². The number of alkyl halides is 3. The maximum absolute atomic E-state index is 13.7. The Kier molecular flexibility index (Phi) is 6.54. The number of piperidine rings is 1. The third-order valence-corrected chi connectivity index (χ3v) is 9.61. The largest absolute Gasteiger partial charge is 0.346 e. The predicted molar refractivity (Wildman–Crippen MR) is 128 cm³/mol. The van der Waals surface area contributed by atoms with Crippen molar-refractivity contribution in [3.05, 3.63) is 71.3 Å². The number of hydrogen-bond acceptors (Lipinski definition) is 6. The third kappa shape index (κ3) is 4.85. The molecule has 0 aliphatic carbocycles. The molecule has 2 aromatic carbocycles. The molecule has 12 heteroatoms. The van der Waals surface area contributed by atoms with Crippen molar-refractivity contribution in [2.75, 3.05) is 37.8 Å². The van der Waals surface area contributed by atoms with Crippen molar-refractivity contribution in [2.24, 2.45) is 5.41 Å². The van der Waals surface area contributed by atoms with Crippen molar-refractivity contribution in [3.63, 3.8) is 0 Å². The minimum Gasteiger partial charge on any atom is -0.346 e. The molecule has 0 N–H and O–H groups in total. The number of rotatable bonds is 7. The zero-order valence-corrected chi connectivity index (χ0v) is 20.8. The summed E-state index contributed by atoms with van der Waals surface area (Å²) in [6, 6.07) is 10.6. The van der Waals surface area contributed by atoms with Crippen LogP contribution in [0.5, 0.6) is 0 Å². The Labute approximate surface area is 210 Å². The molecular weight excluding hydrogens is 516 g/mol. The quantitative estimate of drug-likeness (QED) is 0.409. The highest BCUT2D eigenvalue weighted by molar-refractivity contribution is 7.89. The van der Waals surface area contributed by atoms with Crippen LogP contribution in [0.25, 0.3) is 0 Å². The Bertz CT molecular complexity index is 1330. The van der Waals surface area contributed by atoms with E-state index in [4.69, 9.17) is 0 Å². The van der Waals surface area contributed by atoms with Crippen molar-refractivity contribution in [2.45, 2.75) is 30.1 Å². The van der Waals surface area contributed by atoms with Crippen molar-refractivity contribution in [1.29, 1.82) is 0 Å². The van der Waals surface area contributed by atoms with Gasteiger partial charge in [0.1, 0.15) is 11.6 Å². The summed E-state index contributed by atoms with van der Waals surface area (Å²) in [5.41, 5.74) is 0.246. The molecule has 0 radical (unpaired) electrons. The SMILES string of the molecule is O=S(=O)(c1cccc(C(F)(F)CF)c1)N1CCC2(CC1)CN(c1nc(Cc3ccc(F)cc3)ns1)C2. The van der Waals surface area contributed by atoms with Crippen LogP contribution < -0.4 is 4.90 Å². The third-order valence-electron chi connectivity index (χ3n) is 6.90. The first-order valence-electron chi connectivity index (χ1n) is 11.5. The van der Waals surface area contributed by atoms with Gasteiger partial charge in [-0.05, 0) is 42.7 Å². The Hall–Kier alpha value is -2.57. The van der Waals surface area contributed by atoms with Crippen LogP contribution in [0.1, 0.15) is 29.8 Å². The van der Waals surface area contributed by atoms with Gasteiger partial charge in [0.25, 0.3) is 0 Å². The van der Waals surface area contributed by atoms with E-state index in [-0.39, 0.29) is 29.2 Å². The molecule has 0 saturated carbocycles. The molecule has 6 nitrogen and oxygen atoms in total. The number of hydrogen-bond donors (Lipinski definition) is 0. The molecular formula is C24H24F4N4O2S2. The summed E-state index contributed by atoms with van der Waals surface area (Å²) in [5, 5.41) is 0.804. The van der Waals surface area contributed by atoms with E-state index in [2.05, 4.69) is 14.3 Å². The molecule has 5 rings (SSSR count). The Morgan fingerprint density at radius 1 is 1.06 bits per heavy atom. The predicted octanol–water partition coefficient (Wildman–Crippen LogP) is 4.62. The van der Waals surface area contributed by atoms with Crippen molar-refractivity contribution in [1.82, 2.24) is 13.7 Å². The van der Waals surface area contributed by atoms with Gasteiger partial charge in [-0.3, -0.25) is 0 Å². The lowest BCUT2D eigenvalue weighted by Gasteiger charge is -2.53. The average Bonchev–Trinajstić information content (AvgIpc) is 3.32. The fourth-order valence-corrected chi connectivity index (χ4v) is 6.93. The van der Waals surface area contributed by atoms with Crippen LogP contribution in [-0.2, 0) is 22.4 Å². The number of benzene rings is 2. The normalized spacial score (nSPS) is 18.4. The Morgan fingerprint density at radius 2 is 1.75 bits per heavy atom. The summed E-state index contributed by atoms with van der Waals surface area (Å²) < 4.78 is 85.2. The molecule has 1 aromatic heterocycles. The van der Waals surface area contributed by atoms with Crippen molar-refractivity contribution >= 4 is 26.7 Å². The highest BCUT2D eigenvalue weighted by Gasteiger charge is 2.47. The molecule has 3 aromatic rings. The van der Waals surface area contributed by atoms with Gasteiger partial charge in [0.2, 0.25) is 15.2 Å². The molecule has 0 amide bonds. The molecule has 0 atom stereocenters. The molecule has 192 valence electrons. The van der Waals surface area contributed by atoms with Gasteiger partial charge in [-0.2, -0.15) is 17.5 Å². The summed E-state index contributed by atoms with van der Waals surface area (Å²) >= 11 is 1.31. The van der Waals surface area contributed by atoms with Crippen LogP contribution in [0.4, 0.5) is 22.7 Å². The molecule has 1 spiro atoms. The van der Waals surface area contributed by atoms with Gasteiger partial charge in [-0.25, -0.2) is 22.2 Å². The van der Waals surface area contributed by atoms with Crippen LogP contribution in [0, 0.1) is 11.2 Å². The van der Waals surface area contributed by atoms with Gasteiger partial charge in [0.15, 0.2) is 6.67 Å². The second-order valence-corrected chi connectivity index (χ2v) is 12.1. The molecule has 0 unspecified atom stereocenters. The van der Waals surface area contributed by atoms with Gasteiger partial charge >= 0.3 is 5.92 Å². The monoisotopic (exact) mass is 540 g/mol. The lowest BCUT2D eigenvalue weighted by atomic mass is 9.73. The van der Waals surface area contributed by atoms with E-state index in [1.54, 1.807) is 12.1 Å². The summed E-state index contributed by atoms with van der Waals surface area (Å²) in [6.07, 6.45) is 1.80. The van der Waals surface area contributed by atoms with E-state index in [1.165, 1.54) is 40.1 Å². The van der Waals surface area contributed by atoms with Crippen molar-refractivity contribution < 1.29 is 26.0 Å². The summed E-state index contributed by atoms with van der Waals surface area (Å²) in [6.45, 7) is 0.161. The maximum atomic E-state index is 13.7. The van der Waals surface area contributed by atoms with Gasteiger partial charge < -0.3 is 4.90 Å². The Morgan fingerprint density at radius 3 is 2.42 bits per heavy atom. The van der Waals surface area contributed by atoms with E-state index in [0.29, 0.717) is 25.1 Å². The number of aromatic nitrogens is 2. The van der Waals surface area contributed by atoms with E-state index in [9.17, 15) is 26.0 Å². The van der Waals surface area contributed by atoms with Gasteiger partial charge in [0.05, 0.1) is 4.90 Å². The number of halogens is 4. The van der Waals surface area contributed by atoms with E-state index < -0.39 is 28.2 Å². The fraction of sp³-hybridized carbons (Fsp3) is 0.417. The Balaban J connectivity index is 1.18. The zero-order valence-electron chi connectivity index (χ0n) is 19.2. The van der Waals surface area contributed by atoms with Crippen LogP contribution in [0.2, 0.25) is 0 Å². The molecule has 36 heavy (non-hydrogen) atoms. The summed E-state index contributed by atoms with van der Waals surface area (Å²) in [7, 11) is -3.96. The first kappa shape index (κ1) is 25.1. The summed E-state index contributed by atoms with van der Waals surface area (Å²) in [5.74, 6) is -3.34. The first-order chi connectivity index (χ1) is 17.1. The molecule has 2 saturated heterocycles. The second kappa shape index (κ2) is 9.38.